The molecule has 2 amide bonds. The highest BCUT2D eigenvalue weighted by Crippen LogP contribution is 2.32. The molecule has 1 heterocycles. The van der Waals surface area contributed by atoms with Crippen molar-refractivity contribution >= 4 is 17.8 Å². The maximum absolute atomic E-state index is 12.4. The molecule has 4 heteroatoms. The number of benzene rings is 1. The summed E-state index contributed by atoms with van der Waals surface area (Å²) in [6, 6.07) is 10.3. The van der Waals surface area contributed by atoms with Gasteiger partial charge in [-0.25, -0.2) is 4.79 Å². The molecular weight excluding hydrogens is 268 g/mol. The van der Waals surface area contributed by atoms with Gasteiger partial charge in [0, 0.05) is 24.6 Å². The molecule has 0 saturated carbocycles. The molecule has 1 aliphatic heterocycles. The molecule has 0 unspecified atom stereocenters. The highest BCUT2D eigenvalue weighted by Gasteiger charge is 2.29. The van der Waals surface area contributed by atoms with Crippen LogP contribution in [0.2, 0.25) is 0 Å². The highest BCUT2D eigenvalue weighted by molar-refractivity contribution is 7.99. The van der Waals surface area contributed by atoms with E-state index in [9.17, 15) is 4.79 Å². The van der Waals surface area contributed by atoms with Crippen LogP contribution in [0.5, 0.6) is 0 Å². The summed E-state index contributed by atoms with van der Waals surface area (Å²) in [6.07, 6.45) is 0. The number of carbonyl (C=O) groups is 1. The molecule has 0 aliphatic carbocycles. The van der Waals surface area contributed by atoms with Crippen molar-refractivity contribution in [3.63, 3.8) is 0 Å². The molecular formula is C16H24N2OS. The minimum atomic E-state index is -0.0124. The van der Waals surface area contributed by atoms with Crippen LogP contribution in [0.4, 0.5) is 4.79 Å². The number of hydrogen-bond donors (Lipinski definition) is 1. The monoisotopic (exact) mass is 292 g/mol. The normalized spacial score (nSPS) is 17.6. The first-order valence-electron chi connectivity index (χ1n) is 7.16. The van der Waals surface area contributed by atoms with Crippen molar-refractivity contribution in [3.8, 4) is 0 Å². The average molecular weight is 292 g/mol. The Kier molecular flexibility index (Phi) is 4.97. The van der Waals surface area contributed by atoms with Gasteiger partial charge in [-0.2, -0.15) is 11.8 Å². The largest absolute Gasteiger partial charge is 0.331 e. The van der Waals surface area contributed by atoms with Crippen LogP contribution in [0.25, 0.3) is 0 Å². The molecule has 20 heavy (non-hydrogen) atoms. The van der Waals surface area contributed by atoms with Crippen LogP contribution in [-0.2, 0) is 0 Å². The van der Waals surface area contributed by atoms with Gasteiger partial charge in [0.2, 0.25) is 0 Å². The summed E-state index contributed by atoms with van der Waals surface area (Å²) in [7, 11) is 0. The van der Waals surface area contributed by atoms with Gasteiger partial charge >= 0.3 is 6.03 Å². The van der Waals surface area contributed by atoms with Crippen molar-refractivity contribution in [1.82, 2.24) is 10.2 Å². The second-order valence-electron chi connectivity index (χ2n) is 6.26. The minimum absolute atomic E-state index is 0.0124. The highest BCUT2D eigenvalue weighted by atomic mass is 32.2. The quantitative estimate of drug-likeness (QED) is 0.904. The fourth-order valence-electron chi connectivity index (χ4n) is 2.43. The summed E-state index contributed by atoms with van der Waals surface area (Å²) in [5.41, 5.74) is 1.15. The van der Waals surface area contributed by atoms with Gasteiger partial charge in [0.25, 0.3) is 0 Å². The van der Waals surface area contributed by atoms with E-state index in [0.717, 1.165) is 24.6 Å². The van der Waals surface area contributed by atoms with Gasteiger partial charge in [-0.3, -0.25) is 0 Å². The van der Waals surface area contributed by atoms with E-state index in [2.05, 4.69) is 38.2 Å². The van der Waals surface area contributed by atoms with E-state index in [-0.39, 0.29) is 17.5 Å². The number of urea groups is 1. The first-order valence-corrected chi connectivity index (χ1v) is 8.32. The van der Waals surface area contributed by atoms with E-state index in [1.165, 1.54) is 5.56 Å². The molecule has 1 atom stereocenters. The van der Waals surface area contributed by atoms with E-state index in [0.29, 0.717) is 0 Å². The second kappa shape index (κ2) is 6.53. The number of carbonyl (C=O) groups excluding carboxylic acids is 1. The van der Waals surface area contributed by atoms with Crippen LogP contribution < -0.4 is 5.32 Å². The fraction of sp³-hybridized carbons (Fsp3) is 0.562. The van der Waals surface area contributed by atoms with Crippen molar-refractivity contribution in [2.45, 2.75) is 26.8 Å². The zero-order valence-corrected chi connectivity index (χ0v) is 13.4. The molecule has 1 aliphatic rings. The maximum Gasteiger partial charge on any atom is 0.317 e. The van der Waals surface area contributed by atoms with Crippen molar-refractivity contribution in [2.24, 2.45) is 5.41 Å². The molecule has 0 spiro atoms. The van der Waals surface area contributed by atoms with Crippen molar-refractivity contribution in [3.05, 3.63) is 35.9 Å². The molecule has 0 bridgehead atoms. The predicted molar refractivity (Wildman–Crippen MR) is 86.1 cm³/mol. The van der Waals surface area contributed by atoms with Crippen LogP contribution in [0.1, 0.15) is 32.4 Å². The summed E-state index contributed by atoms with van der Waals surface area (Å²) in [4.78, 5) is 14.4. The zero-order chi connectivity index (χ0) is 14.6. The summed E-state index contributed by atoms with van der Waals surface area (Å²) < 4.78 is 0. The van der Waals surface area contributed by atoms with Gasteiger partial charge in [-0.05, 0) is 11.0 Å². The Balaban J connectivity index is 2.10. The SMILES string of the molecule is CC(C)(C)[C@@H](NC(=O)N1CCSCC1)c1ccccc1. The molecule has 1 aromatic carbocycles. The van der Waals surface area contributed by atoms with E-state index >= 15 is 0 Å². The molecule has 1 saturated heterocycles. The molecule has 110 valence electrons. The lowest BCUT2D eigenvalue weighted by Gasteiger charge is -2.35. The summed E-state index contributed by atoms with van der Waals surface area (Å²) in [5, 5.41) is 3.22. The molecule has 1 fully saturated rings. The Morgan fingerprint density at radius 2 is 1.80 bits per heavy atom. The van der Waals surface area contributed by atoms with Gasteiger partial charge in [-0.1, -0.05) is 51.1 Å². The van der Waals surface area contributed by atoms with E-state index in [4.69, 9.17) is 0 Å². The third-order valence-electron chi connectivity index (χ3n) is 3.57. The topological polar surface area (TPSA) is 32.3 Å². The Hall–Kier alpha value is -1.16. The van der Waals surface area contributed by atoms with Crippen molar-refractivity contribution < 1.29 is 4.79 Å². The number of amides is 2. The predicted octanol–water partition coefficient (Wildman–Crippen LogP) is 3.53. The van der Waals surface area contributed by atoms with Crippen LogP contribution >= 0.6 is 11.8 Å². The standard InChI is InChI=1S/C16H24N2OS/c1-16(2,3)14(13-7-5-4-6-8-13)17-15(19)18-9-11-20-12-10-18/h4-8,14H,9-12H2,1-3H3,(H,17,19)/t14-/m0/s1. The summed E-state index contributed by atoms with van der Waals surface area (Å²) in [5.74, 6) is 2.08. The third-order valence-corrected chi connectivity index (χ3v) is 4.51. The summed E-state index contributed by atoms with van der Waals surface area (Å²) >= 11 is 1.92. The molecule has 1 aromatic rings. The van der Waals surface area contributed by atoms with Crippen LogP contribution in [0.15, 0.2) is 30.3 Å². The number of thioether (sulfide) groups is 1. The maximum atomic E-state index is 12.4. The first kappa shape index (κ1) is 15.2. The van der Waals surface area contributed by atoms with Crippen LogP contribution in [0, 0.1) is 5.41 Å². The van der Waals surface area contributed by atoms with Gasteiger partial charge in [0.15, 0.2) is 0 Å². The minimum Gasteiger partial charge on any atom is -0.331 e. The van der Waals surface area contributed by atoms with Crippen LogP contribution in [0.3, 0.4) is 0 Å². The lowest BCUT2D eigenvalue weighted by molar-refractivity contribution is 0.184. The van der Waals surface area contributed by atoms with Crippen molar-refractivity contribution in [2.75, 3.05) is 24.6 Å². The third kappa shape index (κ3) is 3.92. The van der Waals surface area contributed by atoms with E-state index < -0.39 is 0 Å². The molecule has 0 aromatic heterocycles. The van der Waals surface area contributed by atoms with E-state index in [1.54, 1.807) is 0 Å². The molecule has 3 nitrogen and oxygen atoms in total. The van der Waals surface area contributed by atoms with E-state index in [1.807, 2.05) is 34.9 Å². The fourth-order valence-corrected chi connectivity index (χ4v) is 3.33. The zero-order valence-electron chi connectivity index (χ0n) is 12.6. The second-order valence-corrected chi connectivity index (χ2v) is 7.48. The van der Waals surface area contributed by atoms with Crippen molar-refractivity contribution in [1.29, 1.82) is 0 Å². The number of nitrogens with one attached hydrogen (secondary N) is 1. The van der Waals surface area contributed by atoms with Gasteiger partial charge < -0.3 is 10.2 Å². The number of hydrogen-bond acceptors (Lipinski definition) is 2. The van der Waals surface area contributed by atoms with Gasteiger partial charge in [-0.15, -0.1) is 0 Å². The molecule has 0 radical (unpaired) electrons. The van der Waals surface area contributed by atoms with Gasteiger partial charge in [0.1, 0.15) is 0 Å². The summed E-state index contributed by atoms with van der Waals surface area (Å²) in [6.45, 7) is 8.19. The lowest BCUT2D eigenvalue weighted by Crippen LogP contribution is -2.47. The first-order chi connectivity index (χ1) is 9.48. The average Bonchev–Trinajstić information content (AvgIpc) is 2.45. The molecule has 2 rings (SSSR count). The Morgan fingerprint density at radius 1 is 1.20 bits per heavy atom. The number of nitrogens with zero attached hydrogens (tertiary/aromatic N) is 1. The molecule has 1 N–H and O–H groups in total. The Labute approximate surface area is 126 Å². The Morgan fingerprint density at radius 3 is 2.35 bits per heavy atom. The number of rotatable bonds is 2. The smallest absolute Gasteiger partial charge is 0.317 e. The Bertz CT molecular complexity index is 436. The lowest BCUT2D eigenvalue weighted by atomic mass is 9.82. The van der Waals surface area contributed by atoms with Crippen LogP contribution in [-0.4, -0.2) is 35.5 Å². The van der Waals surface area contributed by atoms with Gasteiger partial charge in [0.05, 0.1) is 6.04 Å².